The molecular formula is C29H33N3O5S. The van der Waals surface area contributed by atoms with E-state index in [-0.39, 0.29) is 17.2 Å². The summed E-state index contributed by atoms with van der Waals surface area (Å²) in [5, 5.41) is 2.59. The van der Waals surface area contributed by atoms with Crippen molar-refractivity contribution in [3.8, 4) is 5.75 Å². The fraction of sp³-hybridized carbons (Fsp3) is 0.241. The lowest BCUT2D eigenvalue weighted by molar-refractivity contribution is -0.120. The topological polar surface area (TPSA) is 105 Å². The normalized spacial score (nSPS) is 11.8. The highest BCUT2D eigenvalue weighted by Crippen LogP contribution is 2.24. The molecular weight excluding hydrogens is 502 g/mol. The van der Waals surface area contributed by atoms with Crippen LogP contribution in [0.1, 0.15) is 30.5 Å². The van der Waals surface area contributed by atoms with Gasteiger partial charge in [0, 0.05) is 18.7 Å². The minimum atomic E-state index is -4.22. The molecule has 0 bridgehead atoms. The van der Waals surface area contributed by atoms with E-state index in [0.29, 0.717) is 34.7 Å². The molecule has 0 saturated heterocycles. The Labute approximate surface area is 224 Å². The summed E-state index contributed by atoms with van der Waals surface area (Å²) in [6.45, 7) is 9.48. The fourth-order valence-electron chi connectivity index (χ4n) is 4.20. The van der Waals surface area contributed by atoms with Gasteiger partial charge in [-0.15, -0.1) is 0 Å². The first-order valence-corrected chi connectivity index (χ1v) is 13.6. The summed E-state index contributed by atoms with van der Waals surface area (Å²) in [4.78, 5) is 28.2. The van der Waals surface area contributed by atoms with Gasteiger partial charge >= 0.3 is 6.03 Å². The van der Waals surface area contributed by atoms with Gasteiger partial charge in [0.15, 0.2) is 0 Å². The molecule has 9 heteroatoms. The zero-order chi connectivity index (χ0) is 27.9. The summed E-state index contributed by atoms with van der Waals surface area (Å²) >= 11 is 0. The van der Waals surface area contributed by atoms with E-state index in [0.717, 1.165) is 5.56 Å². The standard InChI is InChI=1S/C29H33N3O5S/c1-6-32(23-15-17-24(37-5)18-16-23)28(33)26(19-22-11-8-7-9-12-22)30-29(34)31-38(35,36)27-14-10-13-25(20(2)3)21(27)4/h7-18,26H,2,6,19H2,1,3-5H3,(H2,30,31,34)/t26-/m0/s1. The number of hydrogen-bond acceptors (Lipinski definition) is 5. The third-order valence-corrected chi connectivity index (χ3v) is 7.59. The van der Waals surface area contributed by atoms with E-state index in [9.17, 15) is 18.0 Å². The number of benzene rings is 3. The van der Waals surface area contributed by atoms with Gasteiger partial charge in [0.1, 0.15) is 11.8 Å². The summed E-state index contributed by atoms with van der Waals surface area (Å²) in [5.74, 6) is 0.265. The van der Waals surface area contributed by atoms with E-state index in [1.54, 1.807) is 57.4 Å². The number of urea groups is 1. The lowest BCUT2D eigenvalue weighted by atomic mass is 10.0. The predicted molar refractivity (Wildman–Crippen MR) is 150 cm³/mol. The molecule has 0 unspecified atom stereocenters. The van der Waals surface area contributed by atoms with Crippen LogP contribution in [0.5, 0.6) is 5.75 Å². The molecule has 3 rings (SSSR count). The summed E-state index contributed by atoms with van der Waals surface area (Å²) < 4.78 is 33.5. The molecule has 2 N–H and O–H groups in total. The Morgan fingerprint density at radius 2 is 1.66 bits per heavy atom. The molecule has 3 aromatic carbocycles. The van der Waals surface area contributed by atoms with Gasteiger partial charge in [-0.1, -0.05) is 54.6 Å². The second-order valence-corrected chi connectivity index (χ2v) is 10.5. The van der Waals surface area contributed by atoms with Gasteiger partial charge in [-0.2, -0.15) is 0 Å². The predicted octanol–water partition coefficient (Wildman–Crippen LogP) is 4.69. The van der Waals surface area contributed by atoms with Crippen molar-refractivity contribution in [1.82, 2.24) is 10.0 Å². The number of carbonyl (C=O) groups excluding carboxylic acids is 2. The molecule has 8 nitrogen and oxygen atoms in total. The fourth-order valence-corrected chi connectivity index (χ4v) is 5.38. The molecule has 0 spiro atoms. The van der Waals surface area contributed by atoms with E-state index < -0.39 is 22.1 Å². The summed E-state index contributed by atoms with van der Waals surface area (Å²) in [7, 11) is -2.66. The molecule has 0 aromatic heterocycles. The zero-order valence-electron chi connectivity index (χ0n) is 22.0. The van der Waals surface area contributed by atoms with Gasteiger partial charge in [-0.3, -0.25) is 4.79 Å². The smallest absolute Gasteiger partial charge is 0.329 e. The molecule has 0 radical (unpaired) electrons. The largest absolute Gasteiger partial charge is 0.497 e. The third kappa shape index (κ3) is 6.80. The van der Waals surface area contributed by atoms with E-state index in [2.05, 4.69) is 16.6 Å². The van der Waals surface area contributed by atoms with E-state index in [1.165, 1.54) is 11.0 Å². The summed E-state index contributed by atoms with van der Waals surface area (Å²) in [5.41, 5.74) is 3.30. The number of likely N-dealkylation sites (N-methyl/N-ethyl adjacent to an activating group) is 1. The number of ether oxygens (including phenoxy) is 1. The lowest BCUT2D eigenvalue weighted by Crippen LogP contribution is -2.53. The van der Waals surface area contributed by atoms with Gasteiger partial charge in [0.05, 0.1) is 12.0 Å². The quantitative estimate of drug-likeness (QED) is 0.392. The number of hydrogen-bond donors (Lipinski definition) is 2. The number of sulfonamides is 1. The highest BCUT2D eigenvalue weighted by molar-refractivity contribution is 7.90. The Balaban J connectivity index is 1.87. The molecule has 200 valence electrons. The second-order valence-electron chi connectivity index (χ2n) is 8.81. The van der Waals surface area contributed by atoms with Crippen LogP contribution in [0.25, 0.3) is 5.57 Å². The zero-order valence-corrected chi connectivity index (χ0v) is 22.8. The van der Waals surface area contributed by atoms with Crippen LogP contribution in [0.15, 0.2) is 84.3 Å². The van der Waals surface area contributed by atoms with Gasteiger partial charge in [-0.25, -0.2) is 17.9 Å². The molecule has 0 fully saturated rings. The van der Waals surface area contributed by atoms with E-state index in [4.69, 9.17) is 4.74 Å². The van der Waals surface area contributed by atoms with Crippen LogP contribution in [-0.2, 0) is 21.2 Å². The number of nitrogens with one attached hydrogen (secondary N) is 2. The first-order chi connectivity index (χ1) is 18.1. The Morgan fingerprint density at radius 1 is 1.00 bits per heavy atom. The van der Waals surface area contributed by atoms with Crippen LogP contribution in [0.4, 0.5) is 10.5 Å². The molecule has 0 aliphatic carbocycles. The molecule has 0 aliphatic heterocycles. The third-order valence-electron chi connectivity index (χ3n) is 6.11. The van der Waals surface area contributed by atoms with Crippen molar-refractivity contribution < 1.29 is 22.7 Å². The van der Waals surface area contributed by atoms with Crippen molar-refractivity contribution in [2.45, 2.75) is 38.1 Å². The average Bonchev–Trinajstić information content (AvgIpc) is 2.89. The van der Waals surface area contributed by atoms with Gasteiger partial charge < -0.3 is 15.0 Å². The van der Waals surface area contributed by atoms with Crippen molar-refractivity contribution in [3.05, 3.63) is 96.1 Å². The van der Waals surface area contributed by atoms with Crippen LogP contribution in [0, 0.1) is 6.92 Å². The first kappa shape index (κ1) is 28.5. The maximum Gasteiger partial charge on any atom is 0.329 e. The minimum absolute atomic E-state index is 0.0347. The number of anilines is 1. The molecule has 3 amide bonds. The summed E-state index contributed by atoms with van der Waals surface area (Å²) in [6.07, 6.45) is 0.171. The van der Waals surface area contributed by atoms with Crippen molar-refractivity contribution in [2.24, 2.45) is 0 Å². The van der Waals surface area contributed by atoms with Gasteiger partial charge in [0.2, 0.25) is 5.91 Å². The van der Waals surface area contributed by atoms with Crippen molar-refractivity contribution in [2.75, 3.05) is 18.6 Å². The number of nitrogens with zero attached hydrogens (tertiary/aromatic N) is 1. The van der Waals surface area contributed by atoms with Crippen molar-refractivity contribution >= 4 is 33.2 Å². The maximum absolute atomic E-state index is 13.7. The Bertz CT molecular complexity index is 1400. The summed E-state index contributed by atoms with van der Waals surface area (Å²) in [6, 6.07) is 18.9. The SMILES string of the molecule is C=C(C)c1cccc(S(=O)(=O)NC(=O)N[C@@H](Cc2ccccc2)C(=O)N(CC)c2ccc(OC)cc2)c1C. The number of carbonyl (C=O) groups is 2. The van der Waals surface area contributed by atoms with Gasteiger partial charge in [-0.05, 0) is 67.8 Å². The van der Waals surface area contributed by atoms with Crippen molar-refractivity contribution in [1.29, 1.82) is 0 Å². The number of amides is 3. The highest BCUT2D eigenvalue weighted by Gasteiger charge is 2.29. The molecule has 38 heavy (non-hydrogen) atoms. The van der Waals surface area contributed by atoms with Crippen LogP contribution < -0.4 is 19.7 Å². The molecule has 0 aliphatic rings. The van der Waals surface area contributed by atoms with E-state index in [1.807, 2.05) is 37.3 Å². The molecule has 0 saturated carbocycles. The number of rotatable bonds is 10. The maximum atomic E-state index is 13.7. The Kier molecular flexibility index (Phi) is 9.30. The monoisotopic (exact) mass is 535 g/mol. The van der Waals surface area contributed by atoms with E-state index >= 15 is 0 Å². The van der Waals surface area contributed by atoms with Gasteiger partial charge in [0.25, 0.3) is 10.0 Å². The Morgan fingerprint density at radius 3 is 2.24 bits per heavy atom. The highest BCUT2D eigenvalue weighted by atomic mass is 32.2. The van der Waals surface area contributed by atoms with Crippen LogP contribution in [0.3, 0.4) is 0 Å². The second kappa shape index (κ2) is 12.4. The first-order valence-electron chi connectivity index (χ1n) is 12.2. The average molecular weight is 536 g/mol. The number of allylic oxidation sites excluding steroid dienone is 1. The number of methoxy groups -OCH3 is 1. The molecule has 1 atom stereocenters. The Hall–Kier alpha value is -4.11. The molecule has 3 aromatic rings. The van der Waals surface area contributed by atoms with Crippen LogP contribution >= 0.6 is 0 Å². The van der Waals surface area contributed by atoms with Crippen LogP contribution in [0.2, 0.25) is 0 Å². The van der Waals surface area contributed by atoms with Crippen molar-refractivity contribution in [3.63, 3.8) is 0 Å². The molecule has 0 heterocycles. The minimum Gasteiger partial charge on any atom is -0.497 e. The van der Waals surface area contributed by atoms with Crippen LogP contribution in [-0.4, -0.2) is 40.1 Å². The lowest BCUT2D eigenvalue weighted by Gasteiger charge is -2.27.